The summed E-state index contributed by atoms with van der Waals surface area (Å²) in [5, 5.41) is 0. The Labute approximate surface area is 61.7 Å². The van der Waals surface area contributed by atoms with Crippen molar-refractivity contribution in [3.05, 3.63) is 12.3 Å². The van der Waals surface area contributed by atoms with Crippen LogP contribution in [-0.4, -0.2) is 24.0 Å². The van der Waals surface area contributed by atoms with E-state index in [1.54, 1.807) is 0 Å². The minimum Gasteiger partial charge on any atom is -0.374 e. The van der Waals surface area contributed by atoms with Crippen LogP contribution in [0, 0.1) is 5.92 Å². The zero-order valence-corrected chi connectivity index (χ0v) is 6.21. The Morgan fingerprint density at radius 2 is 2.00 bits per heavy atom. The first kappa shape index (κ1) is 6.23. The van der Waals surface area contributed by atoms with Gasteiger partial charge in [0.25, 0.3) is 0 Å². The summed E-state index contributed by atoms with van der Waals surface area (Å²) in [4.78, 5) is 2.32. The zero-order valence-electron chi connectivity index (χ0n) is 6.21. The van der Waals surface area contributed by atoms with E-state index in [9.17, 15) is 0 Å². The zero-order chi connectivity index (χ0) is 7.14. The van der Waals surface area contributed by atoms with Crippen molar-refractivity contribution >= 4 is 0 Å². The summed E-state index contributed by atoms with van der Waals surface area (Å²) >= 11 is 0. The highest BCUT2D eigenvalue weighted by atomic mass is 15.2. The molecule has 0 aromatic rings. The maximum Gasteiger partial charge on any atom is 0.0470 e. The summed E-state index contributed by atoms with van der Waals surface area (Å²) in [5.41, 5.74) is 7.09. The van der Waals surface area contributed by atoms with Crippen LogP contribution in [0.1, 0.15) is 12.8 Å². The van der Waals surface area contributed by atoms with E-state index >= 15 is 0 Å². The maximum atomic E-state index is 5.92. The first-order valence-corrected chi connectivity index (χ1v) is 3.98. The van der Waals surface area contributed by atoms with Crippen molar-refractivity contribution in [3.63, 3.8) is 0 Å². The lowest BCUT2D eigenvalue weighted by Gasteiger charge is -2.46. The van der Waals surface area contributed by atoms with E-state index in [1.165, 1.54) is 31.6 Å². The molecule has 3 saturated heterocycles. The van der Waals surface area contributed by atoms with E-state index in [0.717, 1.165) is 5.92 Å². The van der Waals surface area contributed by atoms with E-state index in [2.05, 4.69) is 11.5 Å². The highest BCUT2D eigenvalue weighted by Gasteiger charge is 2.33. The molecule has 3 aliphatic heterocycles. The van der Waals surface area contributed by atoms with Gasteiger partial charge in [0.1, 0.15) is 0 Å². The first-order valence-electron chi connectivity index (χ1n) is 3.98. The van der Waals surface area contributed by atoms with Gasteiger partial charge in [-0.05, 0) is 18.8 Å². The lowest BCUT2D eigenvalue weighted by atomic mass is 9.83. The number of nitrogens with two attached hydrogens (primary N) is 1. The van der Waals surface area contributed by atoms with Crippen molar-refractivity contribution in [1.82, 2.24) is 4.90 Å². The molecule has 3 fully saturated rings. The monoisotopic (exact) mass is 138 g/mol. The second-order valence-electron chi connectivity index (χ2n) is 3.34. The normalized spacial score (nSPS) is 38.9. The molecule has 1 atom stereocenters. The standard InChI is InChI=1S/C8H14N2/c1-6-8(9)7-2-4-10(6)5-3-7/h7-8H,1-5,9H2. The van der Waals surface area contributed by atoms with Crippen molar-refractivity contribution in [2.45, 2.75) is 18.9 Å². The summed E-state index contributed by atoms with van der Waals surface area (Å²) in [6.07, 6.45) is 2.56. The predicted molar refractivity (Wildman–Crippen MR) is 41.4 cm³/mol. The Hall–Kier alpha value is -0.500. The summed E-state index contributed by atoms with van der Waals surface area (Å²) in [7, 11) is 0. The lowest BCUT2D eigenvalue weighted by molar-refractivity contribution is 0.140. The summed E-state index contributed by atoms with van der Waals surface area (Å²) < 4.78 is 0. The van der Waals surface area contributed by atoms with Gasteiger partial charge in [0.2, 0.25) is 0 Å². The number of rotatable bonds is 0. The average Bonchev–Trinajstić information content (AvgIpc) is 2.00. The van der Waals surface area contributed by atoms with Gasteiger partial charge in [-0.25, -0.2) is 0 Å². The summed E-state index contributed by atoms with van der Waals surface area (Å²) in [5.74, 6) is 0.734. The average molecular weight is 138 g/mol. The van der Waals surface area contributed by atoms with E-state index in [-0.39, 0.29) is 6.04 Å². The lowest BCUT2D eigenvalue weighted by Crippen LogP contribution is -2.51. The maximum absolute atomic E-state index is 5.92. The fourth-order valence-corrected chi connectivity index (χ4v) is 2.03. The Balaban J connectivity index is 2.20. The fourth-order valence-electron chi connectivity index (χ4n) is 2.03. The van der Waals surface area contributed by atoms with Crippen LogP contribution in [0.3, 0.4) is 0 Å². The minimum absolute atomic E-state index is 0.266. The molecule has 3 aliphatic rings. The summed E-state index contributed by atoms with van der Waals surface area (Å²) in [6, 6.07) is 0.266. The van der Waals surface area contributed by atoms with Gasteiger partial charge < -0.3 is 10.6 Å². The molecule has 56 valence electrons. The molecule has 3 rings (SSSR count). The molecular formula is C8H14N2. The van der Waals surface area contributed by atoms with Crippen LogP contribution in [0.2, 0.25) is 0 Å². The number of piperidine rings is 3. The molecule has 2 N–H and O–H groups in total. The Morgan fingerprint density at radius 3 is 2.30 bits per heavy atom. The van der Waals surface area contributed by atoms with Crippen LogP contribution in [0.4, 0.5) is 0 Å². The van der Waals surface area contributed by atoms with Crippen LogP contribution in [0.25, 0.3) is 0 Å². The molecule has 0 amide bonds. The van der Waals surface area contributed by atoms with Gasteiger partial charge in [-0.2, -0.15) is 0 Å². The van der Waals surface area contributed by atoms with E-state index in [4.69, 9.17) is 5.73 Å². The SMILES string of the molecule is C=C1C(N)C2CCN1CC2. The molecule has 1 unspecified atom stereocenters. The van der Waals surface area contributed by atoms with E-state index < -0.39 is 0 Å². The highest BCUT2D eigenvalue weighted by Crippen LogP contribution is 2.32. The number of nitrogens with zero attached hydrogens (tertiary/aromatic N) is 1. The van der Waals surface area contributed by atoms with Crippen LogP contribution in [-0.2, 0) is 0 Å². The molecule has 2 nitrogen and oxygen atoms in total. The second-order valence-corrected chi connectivity index (χ2v) is 3.34. The van der Waals surface area contributed by atoms with Crippen molar-refractivity contribution in [2.75, 3.05) is 13.1 Å². The molecule has 3 heterocycles. The molecule has 2 heteroatoms. The number of hydrogen-bond acceptors (Lipinski definition) is 2. The molecule has 0 aromatic carbocycles. The van der Waals surface area contributed by atoms with Crippen LogP contribution >= 0.6 is 0 Å². The third-order valence-corrected chi connectivity index (χ3v) is 2.84. The highest BCUT2D eigenvalue weighted by molar-refractivity contribution is 5.12. The third kappa shape index (κ3) is 0.686. The van der Waals surface area contributed by atoms with Gasteiger partial charge in [-0.1, -0.05) is 6.58 Å². The Morgan fingerprint density at radius 1 is 1.40 bits per heavy atom. The minimum atomic E-state index is 0.266. The Bertz CT molecular complexity index is 153. The molecule has 10 heavy (non-hydrogen) atoms. The Kier molecular flexibility index (Phi) is 1.24. The van der Waals surface area contributed by atoms with Gasteiger partial charge in [0, 0.05) is 24.8 Å². The number of fused-ring (bicyclic) bond motifs is 3. The van der Waals surface area contributed by atoms with Gasteiger partial charge >= 0.3 is 0 Å². The second kappa shape index (κ2) is 1.99. The van der Waals surface area contributed by atoms with Crippen molar-refractivity contribution < 1.29 is 0 Å². The predicted octanol–water partition coefficient (Wildman–Crippen LogP) is 0.553. The van der Waals surface area contributed by atoms with Gasteiger partial charge in [-0.15, -0.1) is 0 Å². The summed E-state index contributed by atoms with van der Waals surface area (Å²) in [6.45, 7) is 6.36. The smallest absolute Gasteiger partial charge is 0.0470 e. The molecule has 2 bridgehead atoms. The quantitative estimate of drug-likeness (QED) is 0.529. The molecule has 0 aliphatic carbocycles. The van der Waals surface area contributed by atoms with E-state index in [1.807, 2.05) is 0 Å². The third-order valence-electron chi connectivity index (χ3n) is 2.84. The van der Waals surface area contributed by atoms with Gasteiger partial charge in [0.05, 0.1) is 0 Å². The molecule has 0 aromatic heterocycles. The fraction of sp³-hybridized carbons (Fsp3) is 0.750. The van der Waals surface area contributed by atoms with Crippen molar-refractivity contribution in [2.24, 2.45) is 11.7 Å². The van der Waals surface area contributed by atoms with Crippen LogP contribution in [0.5, 0.6) is 0 Å². The largest absolute Gasteiger partial charge is 0.374 e. The number of hydrogen-bond donors (Lipinski definition) is 1. The van der Waals surface area contributed by atoms with Crippen molar-refractivity contribution in [3.8, 4) is 0 Å². The van der Waals surface area contributed by atoms with Crippen LogP contribution in [0.15, 0.2) is 12.3 Å². The van der Waals surface area contributed by atoms with Gasteiger partial charge in [0.15, 0.2) is 0 Å². The van der Waals surface area contributed by atoms with E-state index in [0.29, 0.717) is 0 Å². The van der Waals surface area contributed by atoms with Crippen LogP contribution < -0.4 is 5.73 Å². The molecule has 0 spiro atoms. The molecular weight excluding hydrogens is 124 g/mol. The first-order chi connectivity index (χ1) is 4.79. The topological polar surface area (TPSA) is 29.3 Å². The van der Waals surface area contributed by atoms with Crippen molar-refractivity contribution in [1.29, 1.82) is 0 Å². The van der Waals surface area contributed by atoms with Gasteiger partial charge in [-0.3, -0.25) is 0 Å². The molecule has 0 radical (unpaired) electrons. The molecule has 0 saturated carbocycles.